The Morgan fingerprint density at radius 2 is 2.00 bits per heavy atom. The molecule has 0 aliphatic carbocycles. The number of unbranched alkanes of at least 4 members (excludes halogenated alkanes) is 1. The zero-order valence-electron chi connectivity index (χ0n) is 9.52. The lowest BCUT2D eigenvalue weighted by Gasteiger charge is -2.07. The molecule has 16 heavy (non-hydrogen) atoms. The number of Topliss-reactive ketones (excluding diaryl/α,β-unsaturated/α-hetero) is 1. The summed E-state index contributed by atoms with van der Waals surface area (Å²) < 4.78 is 0. The van der Waals surface area contributed by atoms with E-state index in [0.717, 1.165) is 12.8 Å². The van der Waals surface area contributed by atoms with Gasteiger partial charge in [-0.15, -0.1) is 12.4 Å². The molecule has 0 heterocycles. The lowest BCUT2D eigenvalue weighted by molar-refractivity contribution is -0.143. The third-order valence-electron chi connectivity index (χ3n) is 2.09. The summed E-state index contributed by atoms with van der Waals surface area (Å²) in [5.74, 6) is -1.77. The van der Waals surface area contributed by atoms with Crippen molar-refractivity contribution in [2.24, 2.45) is 11.7 Å². The van der Waals surface area contributed by atoms with Crippen LogP contribution in [0.25, 0.3) is 0 Å². The van der Waals surface area contributed by atoms with Crippen LogP contribution in [-0.2, 0) is 9.59 Å². The second-order valence-electron chi connectivity index (χ2n) is 3.48. The maximum atomic E-state index is 11.0. The van der Waals surface area contributed by atoms with Crippen LogP contribution in [0.15, 0.2) is 12.2 Å². The first-order valence-electron chi connectivity index (χ1n) is 5.21. The normalized spacial score (nSPS) is 12.1. The van der Waals surface area contributed by atoms with Crippen molar-refractivity contribution < 1.29 is 14.7 Å². The molecule has 0 bridgehead atoms. The van der Waals surface area contributed by atoms with Gasteiger partial charge in [-0.1, -0.05) is 25.5 Å². The first-order chi connectivity index (χ1) is 7.11. The van der Waals surface area contributed by atoms with Gasteiger partial charge in [-0.25, -0.2) is 0 Å². The van der Waals surface area contributed by atoms with Gasteiger partial charge >= 0.3 is 5.97 Å². The van der Waals surface area contributed by atoms with E-state index in [0.29, 0.717) is 6.42 Å². The highest BCUT2D eigenvalue weighted by Gasteiger charge is 2.18. The molecule has 0 radical (unpaired) electrons. The van der Waals surface area contributed by atoms with Crippen molar-refractivity contribution in [2.75, 3.05) is 6.54 Å². The minimum absolute atomic E-state index is 0. The van der Waals surface area contributed by atoms with E-state index in [2.05, 4.69) is 6.92 Å². The van der Waals surface area contributed by atoms with Crippen LogP contribution in [0.2, 0.25) is 0 Å². The molecule has 5 heteroatoms. The number of ketones is 1. The number of hydrogen-bond acceptors (Lipinski definition) is 3. The molecule has 0 fully saturated rings. The first kappa shape index (κ1) is 17.5. The fraction of sp³-hybridized carbons (Fsp3) is 0.636. The number of carboxylic acids is 1. The summed E-state index contributed by atoms with van der Waals surface area (Å²) in [6.07, 6.45) is 6.19. The highest BCUT2D eigenvalue weighted by Crippen LogP contribution is 2.10. The lowest BCUT2D eigenvalue weighted by Crippen LogP contribution is -2.22. The van der Waals surface area contributed by atoms with Gasteiger partial charge in [0.2, 0.25) is 0 Å². The molecule has 0 spiro atoms. The monoisotopic (exact) mass is 249 g/mol. The zero-order valence-corrected chi connectivity index (χ0v) is 10.3. The van der Waals surface area contributed by atoms with Gasteiger partial charge in [-0.2, -0.15) is 0 Å². The number of rotatable bonds is 8. The van der Waals surface area contributed by atoms with Crippen LogP contribution in [0.5, 0.6) is 0 Å². The van der Waals surface area contributed by atoms with Crippen LogP contribution in [0.1, 0.15) is 32.6 Å². The molecular formula is C11H20ClNO3. The number of carbonyl (C=O) groups is 2. The Kier molecular flexibility index (Phi) is 11.7. The molecular weight excluding hydrogens is 230 g/mol. The van der Waals surface area contributed by atoms with E-state index in [4.69, 9.17) is 10.8 Å². The fourth-order valence-electron chi connectivity index (χ4n) is 1.17. The number of hydrogen-bond donors (Lipinski definition) is 2. The van der Waals surface area contributed by atoms with E-state index in [1.807, 2.05) is 12.2 Å². The quantitative estimate of drug-likeness (QED) is 0.643. The van der Waals surface area contributed by atoms with Gasteiger partial charge in [0.15, 0.2) is 0 Å². The summed E-state index contributed by atoms with van der Waals surface area (Å²) in [4.78, 5) is 21.8. The summed E-state index contributed by atoms with van der Waals surface area (Å²) in [7, 11) is 0. The number of carbonyl (C=O) groups excluding carboxylic acids is 1. The minimum atomic E-state index is -0.932. The van der Waals surface area contributed by atoms with E-state index in [-0.39, 0.29) is 31.2 Å². The molecule has 0 aromatic carbocycles. The van der Waals surface area contributed by atoms with Gasteiger partial charge in [0.1, 0.15) is 5.78 Å². The number of nitrogens with two attached hydrogens (primary N) is 1. The maximum absolute atomic E-state index is 11.0. The van der Waals surface area contributed by atoms with E-state index in [9.17, 15) is 9.59 Å². The molecule has 0 amide bonds. The molecule has 0 rings (SSSR count). The predicted octanol–water partition coefficient (Wildman–Crippen LogP) is 1.77. The fourth-order valence-corrected chi connectivity index (χ4v) is 1.17. The summed E-state index contributed by atoms with van der Waals surface area (Å²) in [6, 6.07) is 0. The molecule has 0 aromatic heterocycles. The molecule has 0 saturated heterocycles. The van der Waals surface area contributed by atoms with Crippen molar-refractivity contribution in [3.63, 3.8) is 0 Å². The SMILES string of the molecule is CCC/C=C/CC(CC(=O)CN)C(=O)O.Cl. The predicted molar refractivity (Wildman–Crippen MR) is 65.7 cm³/mol. The molecule has 0 aliphatic rings. The van der Waals surface area contributed by atoms with Crippen LogP contribution in [0.3, 0.4) is 0 Å². The molecule has 1 unspecified atom stereocenters. The van der Waals surface area contributed by atoms with Gasteiger partial charge in [0.05, 0.1) is 12.5 Å². The molecule has 3 N–H and O–H groups in total. The second-order valence-corrected chi connectivity index (χ2v) is 3.48. The molecule has 0 aliphatic heterocycles. The third kappa shape index (κ3) is 8.44. The molecule has 1 atom stereocenters. The number of allylic oxidation sites excluding steroid dienone is 2. The van der Waals surface area contributed by atoms with Gasteiger partial charge in [-0.05, 0) is 12.8 Å². The Labute approximate surface area is 102 Å². The number of aliphatic carboxylic acids is 1. The van der Waals surface area contributed by atoms with Gasteiger partial charge in [-0.3, -0.25) is 9.59 Å². The smallest absolute Gasteiger partial charge is 0.307 e. The Hall–Kier alpha value is -0.870. The highest BCUT2D eigenvalue weighted by atomic mass is 35.5. The Balaban J connectivity index is 0. The molecule has 4 nitrogen and oxygen atoms in total. The average molecular weight is 250 g/mol. The van der Waals surface area contributed by atoms with E-state index in [1.165, 1.54) is 0 Å². The summed E-state index contributed by atoms with van der Waals surface area (Å²) >= 11 is 0. The Morgan fingerprint density at radius 3 is 2.44 bits per heavy atom. The van der Waals surface area contributed by atoms with Gasteiger partial charge < -0.3 is 10.8 Å². The third-order valence-corrected chi connectivity index (χ3v) is 2.09. The average Bonchev–Trinajstić information content (AvgIpc) is 2.21. The van der Waals surface area contributed by atoms with Crippen molar-refractivity contribution >= 4 is 24.2 Å². The topological polar surface area (TPSA) is 80.4 Å². The molecule has 94 valence electrons. The van der Waals surface area contributed by atoms with Crippen LogP contribution >= 0.6 is 12.4 Å². The summed E-state index contributed by atoms with van der Waals surface area (Å²) in [5, 5.41) is 8.85. The van der Waals surface area contributed by atoms with Crippen molar-refractivity contribution in [1.82, 2.24) is 0 Å². The van der Waals surface area contributed by atoms with Crippen molar-refractivity contribution in [1.29, 1.82) is 0 Å². The van der Waals surface area contributed by atoms with Gasteiger partial charge in [0.25, 0.3) is 0 Å². The van der Waals surface area contributed by atoms with Crippen molar-refractivity contribution in [3.05, 3.63) is 12.2 Å². The van der Waals surface area contributed by atoms with Crippen molar-refractivity contribution in [3.8, 4) is 0 Å². The van der Waals surface area contributed by atoms with Crippen LogP contribution < -0.4 is 5.73 Å². The maximum Gasteiger partial charge on any atom is 0.307 e. The summed E-state index contributed by atoms with van der Waals surface area (Å²) in [6.45, 7) is 1.97. The van der Waals surface area contributed by atoms with Crippen LogP contribution in [0.4, 0.5) is 0 Å². The lowest BCUT2D eigenvalue weighted by atomic mass is 9.98. The largest absolute Gasteiger partial charge is 0.481 e. The van der Waals surface area contributed by atoms with E-state index >= 15 is 0 Å². The number of halogens is 1. The molecule has 0 saturated carbocycles. The van der Waals surface area contributed by atoms with Crippen molar-refractivity contribution in [2.45, 2.75) is 32.6 Å². The number of carboxylic acid groups (broad SMARTS) is 1. The highest BCUT2D eigenvalue weighted by molar-refractivity contribution is 5.85. The first-order valence-corrected chi connectivity index (χ1v) is 5.21. The van der Waals surface area contributed by atoms with Crippen LogP contribution in [-0.4, -0.2) is 23.4 Å². The van der Waals surface area contributed by atoms with Crippen LogP contribution in [0, 0.1) is 5.92 Å². The van der Waals surface area contributed by atoms with E-state index in [1.54, 1.807) is 0 Å². The Morgan fingerprint density at radius 1 is 1.38 bits per heavy atom. The molecule has 0 aromatic rings. The zero-order chi connectivity index (χ0) is 11.7. The summed E-state index contributed by atoms with van der Waals surface area (Å²) in [5.41, 5.74) is 5.14. The van der Waals surface area contributed by atoms with E-state index < -0.39 is 11.9 Å². The standard InChI is InChI=1S/C11H19NO3.ClH/c1-2-3-4-5-6-9(11(14)15)7-10(13)8-12;/h4-5,9H,2-3,6-8,12H2,1H3,(H,14,15);1H/b5-4+;. The Bertz CT molecular complexity index is 241. The minimum Gasteiger partial charge on any atom is -0.481 e. The van der Waals surface area contributed by atoms with Gasteiger partial charge in [0, 0.05) is 6.42 Å². The second kappa shape index (κ2) is 10.6.